The number of benzene rings is 4. The van der Waals surface area contributed by atoms with Gasteiger partial charge in [0.15, 0.2) is 0 Å². The lowest BCUT2D eigenvalue weighted by atomic mass is 10.1. The number of hydrogen-bond acceptors (Lipinski definition) is 4. The molecule has 0 radical (unpaired) electrons. The SMILES string of the molecule is Cn1c2ccccc2c2cc(C(=O)Nc3ccccc3N3C(=O)c4ccccc4C3=O)c(O)cc21. The zero-order chi connectivity index (χ0) is 24.3. The monoisotopic (exact) mass is 461 g/mol. The number of nitrogens with zero attached hydrogens (tertiary/aromatic N) is 2. The molecule has 35 heavy (non-hydrogen) atoms. The number of aryl methyl sites for hydroxylation is 1. The van der Waals surface area contributed by atoms with Crippen LogP contribution >= 0.6 is 0 Å². The second-order valence-corrected chi connectivity index (χ2v) is 8.43. The van der Waals surface area contributed by atoms with Crippen molar-refractivity contribution in [1.82, 2.24) is 4.57 Å². The number of fused-ring (bicyclic) bond motifs is 4. The predicted octanol–water partition coefficient (Wildman–Crippen LogP) is 5.09. The topological polar surface area (TPSA) is 91.6 Å². The molecule has 5 aromatic rings. The number of aromatic hydroxyl groups is 1. The normalized spacial score (nSPS) is 13.0. The highest BCUT2D eigenvalue weighted by Crippen LogP contribution is 2.36. The van der Waals surface area contributed by atoms with E-state index in [1.165, 1.54) is 0 Å². The van der Waals surface area contributed by atoms with Gasteiger partial charge in [0.05, 0.1) is 33.6 Å². The molecule has 0 saturated heterocycles. The van der Waals surface area contributed by atoms with Gasteiger partial charge in [0.2, 0.25) is 0 Å². The zero-order valence-electron chi connectivity index (χ0n) is 18.6. The highest BCUT2D eigenvalue weighted by atomic mass is 16.3. The van der Waals surface area contributed by atoms with Gasteiger partial charge >= 0.3 is 0 Å². The summed E-state index contributed by atoms with van der Waals surface area (Å²) in [5, 5.41) is 15.3. The second kappa shape index (κ2) is 7.56. The van der Waals surface area contributed by atoms with E-state index in [9.17, 15) is 19.5 Å². The van der Waals surface area contributed by atoms with Crippen LogP contribution in [-0.2, 0) is 7.05 Å². The molecule has 0 bridgehead atoms. The minimum Gasteiger partial charge on any atom is -0.507 e. The van der Waals surface area contributed by atoms with E-state index in [-0.39, 0.29) is 22.7 Å². The van der Waals surface area contributed by atoms with Crippen molar-refractivity contribution in [3.63, 3.8) is 0 Å². The van der Waals surface area contributed by atoms with E-state index in [1.807, 2.05) is 35.9 Å². The molecule has 2 heterocycles. The first-order valence-electron chi connectivity index (χ1n) is 11.0. The van der Waals surface area contributed by atoms with Crippen molar-refractivity contribution in [2.24, 2.45) is 7.05 Å². The number of phenols is 1. The number of carbonyl (C=O) groups excluding carboxylic acids is 3. The maximum Gasteiger partial charge on any atom is 0.266 e. The summed E-state index contributed by atoms with van der Waals surface area (Å²) < 4.78 is 1.96. The number of amides is 3. The number of para-hydroxylation sites is 3. The first-order chi connectivity index (χ1) is 17.0. The van der Waals surface area contributed by atoms with Crippen molar-refractivity contribution in [1.29, 1.82) is 0 Å². The number of hydrogen-bond donors (Lipinski definition) is 2. The van der Waals surface area contributed by atoms with Gasteiger partial charge in [-0.2, -0.15) is 0 Å². The van der Waals surface area contributed by atoms with E-state index >= 15 is 0 Å². The molecule has 0 saturated carbocycles. The lowest BCUT2D eigenvalue weighted by Crippen LogP contribution is -2.30. The highest BCUT2D eigenvalue weighted by Gasteiger charge is 2.37. The Hall–Kier alpha value is -4.91. The van der Waals surface area contributed by atoms with Crippen LogP contribution in [0, 0.1) is 0 Å². The van der Waals surface area contributed by atoms with Gasteiger partial charge < -0.3 is 15.0 Å². The quantitative estimate of drug-likeness (QED) is 0.366. The largest absolute Gasteiger partial charge is 0.507 e. The molecule has 2 N–H and O–H groups in total. The number of aromatic nitrogens is 1. The summed E-state index contributed by atoms with van der Waals surface area (Å²) in [6.45, 7) is 0. The fourth-order valence-electron chi connectivity index (χ4n) is 4.75. The minimum atomic E-state index is -0.554. The first kappa shape index (κ1) is 20.7. The van der Waals surface area contributed by atoms with Gasteiger partial charge in [-0.25, -0.2) is 4.90 Å². The van der Waals surface area contributed by atoms with Gasteiger partial charge in [-0.05, 0) is 36.4 Å². The number of rotatable bonds is 3. The van der Waals surface area contributed by atoms with Crippen LogP contribution in [0.15, 0.2) is 84.9 Å². The van der Waals surface area contributed by atoms with Crippen LogP contribution in [-0.4, -0.2) is 27.4 Å². The average Bonchev–Trinajstić information content (AvgIpc) is 3.29. The standard InChI is InChI=1S/C28H19N3O4/c1-30-22-12-6-4-8-16(22)19-14-20(25(32)15-24(19)30)26(33)29-21-11-5-7-13-23(21)31-27(34)17-9-2-3-10-18(17)28(31)35/h2-15,32H,1H3,(H,29,33). The number of carbonyl (C=O) groups is 3. The van der Waals surface area contributed by atoms with Gasteiger partial charge in [0.25, 0.3) is 17.7 Å². The summed E-state index contributed by atoms with van der Waals surface area (Å²) in [6, 6.07) is 24.3. The maximum absolute atomic E-state index is 13.3. The zero-order valence-corrected chi connectivity index (χ0v) is 18.6. The third-order valence-electron chi connectivity index (χ3n) is 6.46. The fourth-order valence-corrected chi connectivity index (χ4v) is 4.75. The molecule has 6 rings (SSSR count). The van der Waals surface area contributed by atoms with Crippen molar-refractivity contribution >= 4 is 50.9 Å². The van der Waals surface area contributed by atoms with Gasteiger partial charge in [-0.1, -0.05) is 42.5 Å². The first-order valence-corrected chi connectivity index (χ1v) is 11.0. The molecule has 170 valence electrons. The summed E-state index contributed by atoms with van der Waals surface area (Å²) in [6.07, 6.45) is 0. The molecule has 0 aliphatic carbocycles. The lowest BCUT2D eigenvalue weighted by Gasteiger charge is -2.18. The lowest BCUT2D eigenvalue weighted by molar-refractivity contribution is 0.0923. The Kier molecular flexibility index (Phi) is 4.47. The Labute approximate surface area is 199 Å². The van der Waals surface area contributed by atoms with Crippen molar-refractivity contribution in [2.45, 2.75) is 0 Å². The fraction of sp³-hybridized carbons (Fsp3) is 0.0357. The van der Waals surface area contributed by atoms with Crippen LogP contribution in [0.25, 0.3) is 21.8 Å². The molecule has 0 unspecified atom stereocenters. The van der Waals surface area contributed by atoms with E-state index in [0.717, 1.165) is 26.7 Å². The molecule has 7 heteroatoms. The molecule has 1 aliphatic rings. The van der Waals surface area contributed by atoms with Crippen LogP contribution in [0.1, 0.15) is 31.1 Å². The Morgan fingerprint density at radius 1 is 0.771 bits per heavy atom. The molecule has 1 aliphatic heterocycles. The van der Waals surface area contributed by atoms with Gasteiger partial charge in [-0.3, -0.25) is 14.4 Å². The van der Waals surface area contributed by atoms with E-state index in [2.05, 4.69) is 5.32 Å². The van der Waals surface area contributed by atoms with Gasteiger partial charge in [0, 0.05) is 29.4 Å². The Morgan fingerprint density at radius 2 is 1.40 bits per heavy atom. The summed E-state index contributed by atoms with van der Waals surface area (Å²) in [4.78, 5) is 40.4. The second-order valence-electron chi connectivity index (χ2n) is 8.43. The molecular formula is C28H19N3O4. The Bertz CT molecular complexity index is 1680. The van der Waals surface area contributed by atoms with Crippen LogP contribution in [0.2, 0.25) is 0 Å². The van der Waals surface area contributed by atoms with Gasteiger partial charge in [0.1, 0.15) is 5.75 Å². The highest BCUT2D eigenvalue weighted by molar-refractivity contribution is 6.35. The molecule has 0 spiro atoms. The summed E-state index contributed by atoms with van der Waals surface area (Å²) >= 11 is 0. The van der Waals surface area contributed by atoms with Crippen LogP contribution in [0.4, 0.5) is 11.4 Å². The van der Waals surface area contributed by atoms with E-state index < -0.39 is 17.7 Å². The van der Waals surface area contributed by atoms with Crippen LogP contribution in [0.3, 0.4) is 0 Å². The number of imide groups is 1. The molecule has 7 nitrogen and oxygen atoms in total. The third-order valence-corrected chi connectivity index (χ3v) is 6.46. The third kappa shape index (κ3) is 3.02. The summed E-state index contributed by atoms with van der Waals surface area (Å²) in [7, 11) is 1.90. The number of anilines is 2. The minimum absolute atomic E-state index is 0.0889. The van der Waals surface area contributed by atoms with Crippen molar-refractivity contribution < 1.29 is 19.5 Å². The summed E-state index contributed by atoms with van der Waals surface area (Å²) in [5.74, 6) is -1.62. The molecular weight excluding hydrogens is 442 g/mol. The maximum atomic E-state index is 13.3. The molecule has 1 aromatic heterocycles. The molecule has 4 aromatic carbocycles. The average molecular weight is 461 g/mol. The molecule has 3 amide bonds. The molecule has 0 atom stereocenters. The van der Waals surface area contributed by atoms with Crippen molar-refractivity contribution in [2.75, 3.05) is 10.2 Å². The van der Waals surface area contributed by atoms with E-state index in [4.69, 9.17) is 0 Å². The number of phenolic OH excluding ortho intramolecular Hbond substituents is 1. The summed E-state index contributed by atoms with van der Waals surface area (Å²) in [5.41, 5.74) is 3.05. The smallest absolute Gasteiger partial charge is 0.266 e. The molecule has 0 fully saturated rings. The van der Waals surface area contributed by atoms with Crippen LogP contribution < -0.4 is 10.2 Å². The van der Waals surface area contributed by atoms with Crippen LogP contribution in [0.5, 0.6) is 5.75 Å². The number of nitrogens with one attached hydrogen (secondary N) is 1. The predicted molar refractivity (Wildman–Crippen MR) is 134 cm³/mol. The van der Waals surface area contributed by atoms with E-state index in [1.54, 1.807) is 60.7 Å². The Morgan fingerprint density at radius 3 is 2.14 bits per heavy atom. The van der Waals surface area contributed by atoms with E-state index in [0.29, 0.717) is 11.1 Å². The Balaban J connectivity index is 1.40. The van der Waals surface area contributed by atoms with Crippen molar-refractivity contribution in [3.8, 4) is 5.75 Å². The van der Waals surface area contributed by atoms with Gasteiger partial charge in [-0.15, -0.1) is 0 Å². The van der Waals surface area contributed by atoms with Crippen molar-refractivity contribution in [3.05, 3.63) is 102 Å².